The fraction of sp³-hybridized carbons (Fsp3) is 0.263. The molecule has 1 aliphatic heterocycles. The van der Waals surface area contributed by atoms with Crippen LogP contribution in [0.3, 0.4) is 0 Å². The summed E-state index contributed by atoms with van der Waals surface area (Å²) in [6, 6.07) is 6.46. The average molecular weight is 355 g/mol. The van der Waals surface area contributed by atoms with Crippen LogP contribution >= 0.6 is 11.6 Å². The van der Waals surface area contributed by atoms with Gasteiger partial charge in [-0.1, -0.05) is 42.8 Å². The number of H-pyrrole nitrogens is 2. The number of aromatic amines is 2. The first-order valence-electron chi connectivity index (χ1n) is 8.45. The molecule has 0 saturated carbocycles. The molecule has 4 rings (SSSR count). The number of nitrogens with zero attached hydrogens (tertiary/aromatic N) is 2. The third-order valence-electron chi connectivity index (χ3n) is 4.86. The van der Waals surface area contributed by atoms with Gasteiger partial charge in [0.05, 0.1) is 11.9 Å². The van der Waals surface area contributed by atoms with Crippen molar-refractivity contribution in [3.8, 4) is 0 Å². The van der Waals surface area contributed by atoms with E-state index in [2.05, 4.69) is 57.5 Å². The van der Waals surface area contributed by atoms with E-state index < -0.39 is 0 Å². The Labute approximate surface area is 150 Å². The SMILES string of the molecule is CCc1cccc2c(C3=CCN(c4cn[nH]c(=O)c4Cl)CC3)c[nH]c12. The van der Waals surface area contributed by atoms with Crippen LogP contribution < -0.4 is 10.5 Å². The highest BCUT2D eigenvalue weighted by atomic mass is 35.5. The standard InChI is InChI=1S/C19H19ClN4O/c1-2-12-4-3-5-14-15(10-21-18(12)14)13-6-8-24(9-7-13)16-11-22-23-19(25)17(16)20/h3-6,10-11,21H,2,7-9H2,1H3,(H,23,25). The molecule has 0 radical (unpaired) electrons. The second-order valence-electron chi connectivity index (χ2n) is 6.22. The maximum Gasteiger partial charge on any atom is 0.285 e. The van der Waals surface area contributed by atoms with Gasteiger partial charge < -0.3 is 9.88 Å². The van der Waals surface area contributed by atoms with Gasteiger partial charge in [-0.05, 0) is 24.0 Å². The molecule has 128 valence electrons. The molecule has 0 bridgehead atoms. The minimum absolute atomic E-state index is 0.200. The highest BCUT2D eigenvalue weighted by Gasteiger charge is 2.19. The highest BCUT2D eigenvalue weighted by Crippen LogP contribution is 2.32. The minimum atomic E-state index is -0.349. The van der Waals surface area contributed by atoms with Crippen LogP contribution in [-0.4, -0.2) is 28.3 Å². The molecule has 25 heavy (non-hydrogen) atoms. The molecule has 0 amide bonds. The number of benzene rings is 1. The summed E-state index contributed by atoms with van der Waals surface area (Å²) in [5.74, 6) is 0. The Balaban J connectivity index is 1.65. The van der Waals surface area contributed by atoms with Crippen molar-refractivity contribution in [2.45, 2.75) is 19.8 Å². The van der Waals surface area contributed by atoms with Gasteiger partial charge in [-0.2, -0.15) is 5.10 Å². The van der Waals surface area contributed by atoms with Gasteiger partial charge in [-0.3, -0.25) is 4.79 Å². The summed E-state index contributed by atoms with van der Waals surface area (Å²) in [5.41, 5.74) is 5.49. The van der Waals surface area contributed by atoms with Crippen LogP contribution in [0.4, 0.5) is 5.69 Å². The number of halogens is 1. The molecule has 0 saturated heterocycles. The fourth-order valence-electron chi connectivity index (χ4n) is 3.50. The largest absolute Gasteiger partial charge is 0.365 e. The maximum absolute atomic E-state index is 11.6. The number of aromatic nitrogens is 3. The molecular weight excluding hydrogens is 336 g/mol. The molecule has 3 heterocycles. The molecule has 1 aromatic carbocycles. The number of hydrogen-bond acceptors (Lipinski definition) is 3. The fourth-order valence-corrected chi connectivity index (χ4v) is 3.72. The molecule has 2 aromatic heterocycles. The van der Waals surface area contributed by atoms with Gasteiger partial charge in [0.15, 0.2) is 0 Å². The van der Waals surface area contributed by atoms with Gasteiger partial charge in [0, 0.05) is 35.8 Å². The van der Waals surface area contributed by atoms with Gasteiger partial charge in [0.1, 0.15) is 5.02 Å². The molecule has 3 aromatic rings. The summed E-state index contributed by atoms with van der Waals surface area (Å²) >= 11 is 6.12. The van der Waals surface area contributed by atoms with Crippen molar-refractivity contribution in [3.63, 3.8) is 0 Å². The number of rotatable bonds is 3. The zero-order chi connectivity index (χ0) is 17.4. The molecule has 2 N–H and O–H groups in total. The van der Waals surface area contributed by atoms with Crippen LogP contribution in [0.1, 0.15) is 24.5 Å². The lowest BCUT2D eigenvalue weighted by Gasteiger charge is -2.28. The van der Waals surface area contributed by atoms with Crippen molar-refractivity contribution in [1.29, 1.82) is 0 Å². The Morgan fingerprint density at radius 2 is 2.24 bits per heavy atom. The van der Waals surface area contributed by atoms with E-state index in [1.54, 1.807) is 6.20 Å². The molecule has 1 aliphatic rings. The van der Waals surface area contributed by atoms with Crippen molar-refractivity contribution in [3.05, 3.63) is 63.2 Å². The summed E-state index contributed by atoms with van der Waals surface area (Å²) in [6.07, 6.45) is 7.84. The van der Waals surface area contributed by atoms with E-state index in [0.29, 0.717) is 12.2 Å². The second kappa shape index (κ2) is 6.41. The smallest absolute Gasteiger partial charge is 0.285 e. The summed E-state index contributed by atoms with van der Waals surface area (Å²) in [4.78, 5) is 17.2. The molecule has 0 fully saturated rings. The number of hydrogen-bond donors (Lipinski definition) is 2. The Morgan fingerprint density at radius 1 is 1.36 bits per heavy atom. The monoisotopic (exact) mass is 354 g/mol. The molecule has 0 spiro atoms. The van der Waals surface area contributed by atoms with Crippen LogP contribution in [0.25, 0.3) is 16.5 Å². The van der Waals surface area contributed by atoms with Crippen LogP contribution in [-0.2, 0) is 6.42 Å². The number of nitrogens with one attached hydrogen (secondary N) is 2. The lowest BCUT2D eigenvalue weighted by atomic mass is 9.97. The first-order chi connectivity index (χ1) is 12.2. The quantitative estimate of drug-likeness (QED) is 0.752. The van der Waals surface area contributed by atoms with Crippen molar-refractivity contribution in [2.75, 3.05) is 18.0 Å². The average Bonchev–Trinajstić information content (AvgIpc) is 3.08. The Kier molecular flexibility index (Phi) is 4.09. The normalized spacial score (nSPS) is 14.8. The Hall–Kier alpha value is -2.53. The first kappa shape index (κ1) is 16.0. The summed E-state index contributed by atoms with van der Waals surface area (Å²) in [6.45, 7) is 3.68. The van der Waals surface area contributed by atoms with Crippen molar-refractivity contribution in [2.24, 2.45) is 0 Å². The minimum Gasteiger partial charge on any atom is -0.365 e. The molecule has 0 atom stereocenters. The summed E-state index contributed by atoms with van der Waals surface area (Å²) in [5, 5.41) is 7.69. The molecule has 6 heteroatoms. The van der Waals surface area contributed by atoms with Gasteiger partial charge in [0.2, 0.25) is 0 Å². The van der Waals surface area contributed by atoms with Crippen LogP contribution in [0.2, 0.25) is 5.02 Å². The highest BCUT2D eigenvalue weighted by molar-refractivity contribution is 6.33. The zero-order valence-corrected chi connectivity index (χ0v) is 14.7. The van der Waals surface area contributed by atoms with E-state index in [4.69, 9.17) is 11.6 Å². The summed E-state index contributed by atoms with van der Waals surface area (Å²) in [7, 11) is 0. The van der Waals surface area contributed by atoms with E-state index in [-0.39, 0.29) is 10.6 Å². The molecule has 5 nitrogen and oxygen atoms in total. The van der Waals surface area contributed by atoms with Gasteiger partial charge >= 0.3 is 0 Å². The predicted molar refractivity (Wildman–Crippen MR) is 102 cm³/mol. The van der Waals surface area contributed by atoms with Gasteiger partial charge in [0.25, 0.3) is 5.56 Å². The van der Waals surface area contributed by atoms with E-state index in [1.165, 1.54) is 27.6 Å². The van der Waals surface area contributed by atoms with Crippen molar-refractivity contribution < 1.29 is 0 Å². The summed E-state index contributed by atoms with van der Waals surface area (Å²) < 4.78 is 0. The number of fused-ring (bicyclic) bond motifs is 1. The van der Waals surface area contributed by atoms with Gasteiger partial charge in [-0.15, -0.1) is 0 Å². The lowest BCUT2D eigenvalue weighted by molar-refractivity contribution is 0.821. The maximum atomic E-state index is 11.6. The molecule has 0 aliphatic carbocycles. The number of anilines is 1. The Morgan fingerprint density at radius 3 is 3.00 bits per heavy atom. The van der Waals surface area contributed by atoms with E-state index in [9.17, 15) is 4.79 Å². The topological polar surface area (TPSA) is 64.8 Å². The van der Waals surface area contributed by atoms with Crippen molar-refractivity contribution >= 4 is 33.8 Å². The third kappa shape index (κ3) is 2.74. The lowest BCUT2D eigenvalue weighted by Crippen LogP contribution is -2.30. The van der Waals surface area contributed by atoms with E-state index in [1.807, 2.05) is 0 Å². The van der Waals surface area contributed by atoms with Crippen LogP contribution in [0, 0.1) is 0 Å². The Bertz CT molecular complexity index is 1020. The molecular formula is C19H19ClN4O. The predicted octanol–water partition coefficient (Wildman–Crippen LogP) is 3.76. The van der Waals surface area contributed by atoms with Crippen LogP contribution in [0.15, 0.2) is 41.5 Å². The second-order valence-corrected chi connectivity index (χ2v) is 6.60. The van der Waals surface area contributed by atoms with Crippen LogP contribution in [0.5, 0.6) is 0 Å². The first-order valence-corrected chi connectivity index (χ1v) is 8.83. The van der Waals surface area contributed by atoms with E-state index >= 15 is 0 Å². The van der Waals surface area contributed by atoms with Gasteiger partial charge in [-0.25, -0.2) is 5.10 Å². The number of aryl methyl sites for hydroxylation is 1. The van der Waals surface area contributed by atoms with Crippen molar-refractivity contribution in [1.82, 2.24) is 15.2 Å². The third-order valence-corrected chi connectivity index (χ3v) is 5.22. The zero-order valence-electron chi connectivity index (χ0n) is 14.0. The number of para-hydroxylation sites is 1. The van der Waals surface area contributed by atoms with E-state index in [0.717, 1.165) is 19.4 Å². The molecule has 0 unspecified atom stereocenters.